The van der Waals surface area contributed by atoms with Gasteiger partial charge in [0.2, 0.25) is 0 Å². The van der Waals surface area contributed by atoms with Gasteiger partial charge >= 0.3 is 0 Å². The molecule has 0 N–H and O–H groups in total. The van der Waals surface area contributed by atoms with Crippen LogP contribution in [0, 0.1) is 0 Å². The molecule has 2 heterocycles. The van der Waals surface area contributed by atoms with E-state index < -0.39 is 5.67 Å². The minimum absolute atomic E-state index is 0.459. The average molecular weight is 250 g/mol. The maximum absolute atomic E-state index is 13.7. The third-order valence-electron chi connectivity index (χ3n) is 3.70. The summed E-state index contributed by atoms with van der Waals surface area (Å²) in [5.74, 6) is 0.459. The quantitative estimate of drug-likeness (QED) is 0.816. The topological polar surface area (TPSA) is 16.1 Å². The third kappa shape index (κ3) is 3.52. The number of nitrogens with zero attached hydrogens (tertiary/aromatic N) is 2. The summed E-state index contributed by atoms with van der Waals surface area (Å²) in [6.07, 6.45) is 1.27. The molecule has 18 heavy (non-hydrogen) atoms. The lowest BCUT2D eigenvalue weighted by molar-refractivity contribution is 0.0698. The molecule has 0 amide bonds. The van der Waals surface area contributed by atoms with Crippen molar-refractivity contribution < 1.29 is 4.39 Å². The van der Waals surface area contributed by atoms with Crippen LogP contribution in [0.1, 0.15) is 50.9 Å². The van der Waals surface area contributed by atoms with Gasteiger partial charge in [-0.05, 0) is 37.8 Å². The van der Waals surface area contributed by atoms with E-state index in [4.69, 9.17) is 0 Å². The summed E-state index contributed by atoms with van der Waals surface area (Å²) < 4.78 is 13.7. The van der Waals surface area contributed by atoms with Crippen LogP contribution in [0.5, 0.6) is 0 Å². The maximum atomic E-state index is 13.7. The molecule has 2 rings (SSSR count). The molecular weight excluding hydrogens is 227 g/mol. The highest BCUT2D eigenvalue weighted by molar-refractivity contribution is 5.14. The number of piperidine rings is 1. The molecule has 1 saturated heterocycles. The monoisotopic (exact) mass is 250 g/mol. The van der Waals surface area contributed by atoms with Crippen LogP contribution in [-0.2, 0) is 6.54 Å². The van der Waals surface area contributed by atoms with Gasteiger partial charge in [-0.15, -0.1) is 0 Å². The number of hydrogen-bond acceptors (Lipinski definition) is 2. The molecule has 1 aromatic rings. The van der Waals surface area contributed by atoms with E-state index in [1.165, 1.54) is 0 Å². The van der Waals surface area contributed by atoms with Crippen LogP contribution >= 0.6 is 0 Å². The summed E-state index contributed by atoms with van der Waals surface area (Å²) in [6, 6.07) is 6.21. The van der Waals surface area contributed by atoms with E-state index in [9.17, 15) is 4.39 Å². The first-order valence-electron chi connectivity index (χ1n) is 6.83. The number of rotatable bonds is 3. The smallest absolute Gasteiger partial charge is 0.110 e. The van der Waals surface area contributed by atoms with Gasteiger partial charge in [0.1, 0.15) is 5.67 Å². The van der Waals surface area contributed by atoms with E-state index in [2.05, 4.69) is 41.9 Å². The average Bonchev–Trinajstić information content (AvgIpc) is 2.32. The fourth-order valence-electron chi connectivity index (χ4n) is 2.31. The molecule has 1 fully saturated rings. The molecule has 0 spiro atoms. The van der Waals surface area contributed by atoms with Gasteiger partial charge in [-0.2, -0.15) is 0 Å². The zero-order valence-electron chi connectivity index (χ0n) is 11.6. The lowest BCUT2D eigenvalue weighted by atomic mass is 9.95. The molecule has 0 unspecified atom stereocenters. The van der Waals surface area contributed by atoms with Crippen molar-refractivity contribution in [1.29, 1.82) is 0 Å². The van der Waals surface area contributed by atoms with Crippen LogP contribution in [0.3, 0.4) is 0 Å². The van der Waals surface area contributed by atoms with Gasteiger partial charge in [0.15, 0.2) is 0 Å². The maximum Gasteiger partial charge on any atom is 0.110 e. The van der Waals surface area contributed by atoms with Crippen molar-refractivity contribution in [3.8, 4) is 0 Å². The number of pyridine rings is 1. The number of likely N-dealkylation sites (tertiary alicyclic amines) is 1. The second kappa shape index (κ2) is 5.35. The second-order valence-electron chi connectivity index (χ2n) is 5.90. The van der Waals surface area contributed by atoms with E-state index in [-0.39, 0.29) is 0 Å². The molecule has 3 heteroatoms. The molecule has 1 aliphatic rings. The van der Waals surface area contributed by atoms with Gasteiger partial charge in [-0.1, -0.05) is 19.9 Å². The van der Waals surface area contributed by atoms with Crippen molar-refractivity contribution in [2.75, 3.05) is 13.1 Å². The Morgan fingerprint density at radius 3 is 2.61 bits per heavy atom. The van der Waals surface area contributed by atoms with Crippen molar-refractivity contribution in [3.05, 3.63) is 29.6 Å². The summed E-state index contributed by atoms with van der Waals surface area (Å²) >= 11 is 0. The van der Waals surface area contributed by atoms with E-state index >= 15 is 0 Å². The third-order valence-corrected chi connectivity index (χ3v) is 3.70. The molecule has 2 nitrogen and oxygen atoms in total. The SMILES string of the molecule is CC(C)c1cccc(CN2CCC(C)(F)CC2)n1. The zero-order valence-corrected chi connectivity index (χ0v) is 11.6. The Morgan fingerprint density at radius 1 is 1.33 bits per heavy atom. The Balaban J connectivity index is 1.96. The van der Waals surface area contributed by atoms with E-state index in [0.29, 0.717) is 18.8 Å². The molecule has 0 aromatic carbocycles. The molecule has 0 aliphatic carbocycles. The molecule has 0 saturated carbocycles. The fraction of sp³-hybridized carbons (Fsp3) is 0.667. The summed E-state index contributed by atoms with van der Waals surface area (Å²) in [5.41, 5.74) is 1.27. The van der Waals surface area contributed by atoms with E-state index in [1.54, 1.807) is 6.92 Å². The van der Waals surface area contributed by atoms with Gasteiger partial charge in [0.05, 0.1) is 5.69 Å². The number of aromatic nitrogens is 1. The molecule has 1 aliphatic heterocycles. The van der Waals surface area contributed by atoms with Gasteiger partial charge < -0.3 is 0 Å². The first kappa shape index (κ1) is 13.5. The lowest BCUT2D eigenvalue weighted by Gasteiger charge is -2.33. The first-order valence-corrected chi connectivity index (χ1v) is 6.83. The van der Waals surface area contributed by atoms with Crippen LogP contribution in [0.15, 0.2) is 18.2 Å². The van der Waals surface area contributed by atoms with Crippen LogP contribution in [0.25, 0.3) is 0 Å². The van der Waals surface area contributed by atoms with Crippen molar-refractivity contribution in [2.45, 2.75) is 51.7 Å². The minimum atomic E-state index is -0.969. The van der Waals surface area contributed by atoms with Crippen molar-refractivity contribution in [3.63, 3.8) is 0 Å². The minimum Gasteiger partial charge on any atom is -0.297 e. The largest absolute Gasteiger partial charge is 0.297 e. The number of halogens is 1. The zero-order chi connectivity index (χ0) is 13.2. The van der Waals surface area contributed by atoms with Gasteiger partial charge in [0, 0.05) is 25.3 Å². The highest BCUT2D eigenvalue weighted by atomic mass is 19.1. The molecule has 0 radical (unpaired) electrons. The summed E-state index contributed by atoms with van der Waals surface area (Å²) in [5, 5.41) is 0. The predicted molar refractivity (Wildman–Crippen MR) is 72.4 cm³/mol. The molecule has 0 bridgehead atoms. The molecular formula is C15H23FN2. The number of alkyl halides is 1. The van der Waals surface area contributed by atoms with Crippen LogP contribution in [0.4, 0.5) is 4.39 Å². The summed E-state index contributed by atoms with van der Waals surface area (Å²) in [7, 11) is 0. The van der Waals surface area contributed by atoms with Crippen LogP contribution in [0.2, 0.25) is 0 Å². The van der Waals surface area contributed by atoms with E-state index in [0.717, 1.165) is 31.0 Å². The van der Waals surface area contributed by atoms with Gasteiger partial charge in [-0.3, -0.25) is 9.88 Å². The van der Waals surface area contributed by atoms with Crippen molar-refractivity contribution in [2.24, 2.45) is 0 Å². The molecule has 0 atom stereocenters. The molecule has 100 valence electrons. The Bertz CT molecular complexity index is 391. The Morgan fingerprint density at radius 2 is 2.00 bits per heavy atom. The van der Waals surface area contributed by atoms with Gasteiger partial charge in [0.25, 0.3) is 0 Å². The van der Waals surface area contributed by atoms with Crippen molar-refractivity contribution in [1.82, 2.24) is 9.88 Å². The van der Waals surface area contributed by atoms with Crippen molar-refractivity contribution >= 4 is 0 Å². The van der Waals surface area contributed by atoms with Crippen LogP contribution < -0.4 is 0 Å². The Kier molecular flexibility index (Phi) is 4.00. The van der Waals surface area contributed by atoms with Gasteiger partial charge in [-0.25, -0.2) is 4.39 Å². The Hall–Kier alpha value is -0.960. The summed E-state index contributed by atoms with van der Waals surface area (Å²) in [6.45, 7) is 8.53. The Labute approximate surface area is 109 Å². The van der Waals surface area contributed by atoms with E-state index in [1.807, 2.05) is 0 Å². The first-order chi connectivity index (χ1) is 8.46. The highest BCUT2D eigenvalue weighted by Crippen LogP contribution is 2.26. The second-order valence-corrected chi connectivity index (χ2v) is 5.90. The summed E-state index contributed by atoms with van der Waals surface area (Å²) in [4.78, 5) is 6.97. The highest BCUT2D eigenvalue weighted by Gasteiger charge is 2.29. The lowest BCUT2D eigenvalue weighted by Crippen LogP contribution is -2.39. The number of hydrogen-bond donors (Lipinski definition) is 0. The fourth-order valence-corrected chi connectivity index (χ4v) is 2.31. The normalized spacial score (nSPS) is 20.3. The van der Waals surface area contributed by atoms with Crippen LogP contribution in [-0.4, -0.2) is 28.6 Å². The molecule has 1 aromatic heterocycles. The standard InChI is InChI=1S/C15H23FN2/c1-12(2)14-6-4-5-13(17-14)11-18-9-7-15(3,16)8-10-18/h4-6,12H,7-11H2,1-3H3. The predicted octanol–water partition coefficient (Wildman–Crippen LogP) is 3.53.